The first-order valence-electron chi connectivity index (χ1n) is 9.96. The number of nitrogens with zero attached hydrogens (tertiary/aromatic N) is 3. The summed E-state index contributed by atoms with van der Waals surface area (Å²) in [7, 11) is 0. The van der Waals surface area contributed by atoms with Gasteiger partial charge in [-0.15, -0.1) is 0 Å². The van der Waals surface area contributed by atoms with Crippen LogP contribution in [0.3, 0.4) is 0 Å². The van der Waals surface area contributed by atoms with Gasteiger partial charge < -0.3 is 19.3 Å². The molecule has 0 saturated carbocycles. The van der Waals surface area contributed by atoms with E-state index in [1.165, 1.54) is 0 Å². The SMILES string of the molecule is Cc1ccccc1-c1noc(CCCC(=O)N2C[C@@H]3COCC[C@]3(CO)C2)n1. The Labute approximate surface area is 164 Å². The number of hydrogen-bond acceptors (Lipinski definition) is 6. The number of fused-ring (bicyclic) bond motifs is 1. The first-order valence-corrected chi connectivity index (χ1v) is 9.96. The maximum atomic E-state index is 12.6. The van der Waals surface area contributed by atoms with Crippen LogP contribution in [0.2, 0.25) is 0 Å². The predicted molar refractivity (Wildman–Crippen MR) is 102 cm³/mol. The minimum atomic E-state index is -0.178. The Hall–Kier alpha value is -2.25. The lowest BCUT2D eigenvalue weighted by molar-refractivity contribution is -0.130. The molecule has 0 unspecified atom stereocenters. The lowest BCUT2D eigenvalue weighted by Crippen LogP contribution is -2.41. The minimum Gasteiger partial charge on any atom is -0.396 e. The lowest BCUT2D eigenvalue weighted by atomic mass is 9.75. The fourth-order valence-electron chi connectivity index (χ4n) is 4.33. The second kappa shape index (κ2) is 8.01. The molecule has 150 valence electrons. The molecule has 2 fully saturated rings. The number of aryl methyl sites for hydroxylation is 2. The van der Waals surface area contributed by atoms with E-state index in [-0.39, 0.29) is 23.8 Å². The quantitative estimate of drug-likeness (QED) is 0.820. The van der Waals surface area contributed by atoms with Crippen LogP contribution >= 0.6 is 0 Å². The Kier molecular flexibility index (Phi) is 5.46. The third kappa shape index (κ3) is 3.69. The van der Waals surface area contributed by atoms with Crippen molar-refractivity contribution in [2.75, 3.05) is 32.9 Å². The van der Waals surface area contributed by atoms with Gasteiger partial charge >= 0.3 is 0 Å². The zero-order valence-corrected chi connectivity index (χ0v) is 16.3. The van der Waals surface area contributed by atoms with Crippen molar-refractivity contribution in [1.82, 2.24) is 15.0 Å². The Bertz CT molecular complexity index is 837. The summed E-state index contributed by atoms with van der Waals surface area (Å²) < 4.78 is 10.9. The maximum Gasteiger partial charge on any atom is 0.226 e. The Morgan fingerprint density at radius 1 is 1.39 bits per heavy atom. The van der Waals surface area contributed by atoms with Gasteiger partial charge in [0.1, 0.15) is 0 Å². The second-order valence-electron chi connectivity index (χ2n) is 8.00. The van der Waals surface area contributed by atoms with E-state index in [1.54, 1.807) is 0 Å². The zero-order valence-electron chi connectivity index (χ0n) is 16.3. The summed E-state index contributed by atoms with van der Waals surface area (Å²) in [6.45, 7) is 4.75. The number of benzene rings is 1. The summed E-state index contributed by atoms with van der Waals surface area (Å²) in [5.41, 5.74) is 1.88. The van der Waals surface area contributed by atoms with Crippen LogP contribution in [0.15, 0.2) is 28.8 Å². The van der Waals surface area contributed by atoms with E-state index < -0.39 is 0 Å². The smallest absolute Gasteiger partial charge is 0.226 e. The molecule has 1 aromatic carbocycles. The predicted octanol–water partition coefficient (Wildman–Crippen LogP) is 2.23. The summed E-state index contributed by atoms with van der Waals surface area (Å²) in [5.74, 6) is 1.51. The van der Waals surface area contributed by atoms with Crippen molar-refractivity contribution >= 4 is 5.91 Å². The largest absolute Gasteiger partial charge is 0.396 e. The number of amides is 1. The molecule has 0 radical (unpaired) electrons. The number of hydrogen-bond donors (Lipinski definition) is 1. The summed E-state index contributed by atoms with van der Waals surface area (Å²) in [6, 6.07) is 7.92. The van der Waals surface area contributed by atoms with Gasteiger partial charge in [0.2, 0.25) is 17.6 Å². The van der Waals surface area contributed by atoms with Crippen molar-refractivity contribution in [2.24, 2.45) is 11.3 Å². The number of likely N-dealkylation sites (tertiary alicyclic amines) is 1. The van der Waals surface area contributed by atoms with Crippen LogP contribution in [0.25, 0.3) is 11.4 Å². The molecule has 2 atom stereocenters. The van der Waals surface area contributed by atoms with E-state index in [0.29, 0.717) is 57.3 Å². The van der Waals surface area contributed by atoms with Crippen LogP contribution in [-0.2, 0) is 16.0 Å². The molecule has 1 N–H and O–H groups in total. The monoisotopic (exact) mass is 385 g/mol. The molecule has 2 saturated heterocycles. The molecular formula is C21H27N3O4. The van der Waals surface area contributed by atoms with Gasteiger partial charge in [-0.1, -0.05) is 29.4 Å². The second-order valence-corrected chi connectivity index (χ2v) is 8.00. The van der Waals surface area contributed by atoms with Gasteiger partial charge in [0.15, 0.2) is 0 Å². The highest BCUT2D eigenvalue weighted by Gasteiger charge is 2.48. The topological polar surface area (TPSA) is 88.7 Å². The van der Waals surface area contributed by atoms with Crippen LogP contribution in [-0.4, -0.2) is 59.0 Å². The van der Waals surface area contributed by atoms with Gasteiger partial charge in [0, 0.05) is 49.4 Å². The average Bonchev–Trinajstić information content (AvgIpc) is 3.33. The number of aromatic nitrogens is 2. The lowest BCUT2D eigenvalue weighted by Gasteiger charge is -2.36. The molecule has 7 nitrogen and oxygen atoms in total. The standard InChI is InChI=1S/C21H27N3O4/c1-15-5-2-3-6-17(15)20-22-18(28-23-20)7-4-8-19(26)24-11-16-12-27-10-9-21(16,13-24)14-25/h2-3,5-6,16,25H,4,7-14H2,1H3/t16-,21-/m1/s1. The number of carbonyl (C=O) groups excluding carboxylic acids is 1. The fourth-order valence-corrected chi connectivity index (χ4v) is 4.33. The molecule has 3 heterocycles. The van der Waals surface area contributed by atoms with Gasteiger partial charge in [-0.25, -0.2) is 0 Å². The van der Waals surface area contributed by atoms with Gasteiger partial charge in [-0.2, -0.15) is 4.98 Å². The van der Waals surface area contributed by atoms with Gasteiger partial charge in [0.25, 0.3) is 0 Å². The van der Waals surface area contributed by atoms with Crippen molar-refractivity contribution in [3.8, 4) is 11.4 Å². The molecule has 4 rings (SSSR count). The van der Waals surface area contributed by atoms with Crippen molar-refractivity contribution in [3.63, 3.8) is 0 Å². The first kappa shape index (κ1) is 19.1. The minimum absolute atomic E-state index is 0.120. The van der Waals surface area contributed by atoms with E-state index in [1.807, 2.05) is 36.1 Å². The number of carbonyl (C=O) groups is 1. The highest BCUT2D eigenvalue weighted by molar-refractivity contribution is 5.76. The van der Waals surface area contributed by atoms with Crippen LogP contribution in [0.4, 0.5) is 0 Å². The summed E-state index contributed by atoms with van der Waals surface area (Å²) >= 11 is 0. The molecule has 2 aliphatic heterocycles. The van der Waals surface area contributed by atoms with E-state index >= 15 is 0 Å². The van der Waals surface area contributed by atoms with Crippen LogP contribution in [0.5, 0.6) is 0 Å². The van der Waals surface area contributed by atoms with Crippen molar-refractivity contribution in [1.29, 1.82) is 0 Å². The van der Waals surface area contributed by atoms with Gasteiger partial charge in [0.05, 0.1) is 13.2 Å². The number of rotatable bonds is 6. The van der Waals surface area contributed by atoms with Gasteiger partial charge in [-0.05, 0) is 25.3 Å². The third-order valence-electron chi connectivity index (χ3n) is 6.18. The van der Waals surface area contributed by atoms with Crippen molar-refractivity contribution in [3.05, 3.63) is 35.7 Å². The fraction of sp³-hybridized carbons (Fsp3) is 0.571. The van der Waals surface area contributed by atoms with Crippen LogP contribution in [0.1, 0.15) is 30.7 Å². The Morgan fingerprint density at radius 2 is 2.25 bits per heavy atom. The highest BCUT2D eigenvalue weighted by atomic mass is 16.5. The number of aliphatic hydroxyl groups excluding tert-OH is 1. The normalized spacial score (nSPS) is 24.4. The molecule has 0 bridgehead atoms. The van der Waals surface area contributed by atoms with Crippen LogP contribution in [0, 0.1) is 18.3 Å². The van der Waals surface area contributed by atoms with Crippen LogP contribution < -0.4 is 0 Å². The molecule has 1 amide bonds. The maximum absolute atomic E-state index is 12.6. The van der Waals surface area contributed by atoms with E-state index in [4.69, 9.17) is 9.26 Å². The molecule has 28 heavy (non-hydrogen) atoms. The molecular weight excluding hydrogens is 358 g/mol. The molecule has 1 aromatic heterocycles. The van der Waals surface area contributed by atoms with Crippen molar-refractivity contribution in [2.45, 2.75) is 32.6 Å². The summed E-state index contributed by atoms with van der Waals surface area (Å²) in [6.07, 6.45) is 2.51. The molecule has 2 aromatic rings. The third-order valence-corrected chi connectivity index (χ3v) is 6.18. The first-order chi connectivity index (χ1) is 13.6. The van der Waals surface area contributed by atoms with Crippen molar-refractivity contribution < 1.29 is 19.2 Å². The Morgan fingerprint density at radius 3 is 3.04 bits per heavy atom. The highest BCUT2D eigenvalue weighted by Crippen LogP contribution is 2.41. The molecule has 0 spiro atoms. The molecule has 7 heteroatoms. The zero-order chi connectivity index (χ0) is 19.6. The average molecular weight is 385 g/mol. The summed E-state index contributed by atoms with van der Waals surface area (Å²) in [4.78, 5) is 19.0. The number of ether oxygens (including phenoxy) is 1. The van der Waals surface area contributed by atoms with E-state index in [2.05, 4.69) is 10.1 Å². The Balaban J connectivity index is 1.30. The molecule has 2 aliphatic rings. The van der Waals surface area contributed by atoms with E-state index in [9.17, 15) is 9.90 Å². The molecule has 0 aliphatic carbocycles. The number of aliphatic hydroxyl groups is 1. The van der Waals surface area contributed by atoms with E-state index in [0.717, 1.165) is 17.5 Å². The van der Waals surface area contributed by atoms with Gasteiger partial charge in [-0.3, -0.25) is 4.79 Å². The summed E-state index contributed by atoms with van der Waals surface area (Å²) in [5, 5.41) is 13.9.